The first kappa shape index (κ1) is 27.2. The standard InChI is InChI=1S/C32H43NO4/c1-9-12-20-14-21(15-26(36-8)30(20)37-13-10-2)27-28-22(16-31(4,5)18-24(28)34)33(11-3)23-17-32(6,7)19-25(35)29(23)27/h9,14-15,27H,1,10-13,16-19H2,2-8H3. The monoisotopic (exact) mass is 505 g/mol. The number of methoxy groups -OCH3 is 1. The summed E-state index contributed by atoms with van der Waals surface area (Å²) in [6.45, 7) is 18.2. The number of hydrogen-bond donors (Lipinski definition) is 0. The molecule has 0 fully saturated rings. The smallest absolute Gasteiger partial charge is 0.164 e. The predicted octanol–water partition coefficient (Wildman–Crippen LogP) is 6.92. The summed E-state index contributed by atoms with van der Waals surface area (Å²) in [5.74, 6) is 1.26. The van der Waals surface area contributed by atoms with Gasteiger partial charge in [-0.25, -0.2) is 0 Å². The first-order valence-electron chi connectivity index (χ1n) is 13.7. The highest BCUT2D eigenvalue weighted by Gasteiger charge is 2.48. The second kappa shape index (κ2) is 10.2. The van der Waals surface area contributed by atoms with Gasteiger partial charge in [0.1, 0.15) is 0 Å². The molecule has 1 aromatic rings. The molecular formula is C32H43NO4. The first-order valence-corrected chi connectivity index (χ1v) is 13.7. The summed E-state index contributed by atoms with van der Waals surface area (Å²) < 4.78 is 11.9. The van der Waals surface area contributed by atoms with Crippen molar-refractivity contribution in [3.05, 3.63) is 58.5 Å². The van der Waals surface area contributed by atoms with Crippen LogP contribution in [0.1, 0.15) is 90.7 Å². The highest BCUT2D eigenvalue weighted by atomic mass is 16.5. The van der Waals surface area contributed by atoms with Gasteiger partial charge in [0, 0.05) is 53.4 Å². The molecular weight excluding hydrogens is 462 g/mol. The predicted molar refractivity (Wildman–Crippen MR) is 148 cm³/mol. The summed E-state index contributed by atoms with van der Waals surface area (Å²) in [5, 5.41) is 0. The third kappa shape index (κ3) is 5.02. The van der Waals surface area contributed by atoms with Crippen LogP contribution in [0.5, 0.6) is 11.5 Å². The highest BCUT2D eigenvalue weighted by Crippen LogP contribution is 2.55. The normalized spacial score (nSPS) is 21.1. The number of benzene rings is 1. The Morgan fingerprint density at radius 1 is 0.973 bits per heavy atom. The van der Waals surface area contributed by atoms with Crippen LogP contribution in [0, 0.1) is 10.8 Å². The minimum Gasteiger partial charge on any atom is -0.493 e. The molecule has 37 heavy (non-hydrogen) atoms. The van der Waals surface area contributed by atoms with Crippen molar-refractivity contribution in [2.45, 2.75) is 86.0 Å². The molecule has 1 aliphatic heterocycles. The molecule has 0 N–H and O–H groups in total. The topological polar surface area (TPSA) is 55.8 Å². The van der Waals surface area contributed by atoms with Gasteiger partial charge in [0.05, 0.1) is 13.7 Å². The lowest BCUT2D eigenvalue weighted by molar-refractivity contribution is -0.119. The lowest BCUT2D eigenvalue weighted by atomic mass is 9.63. The number of ketones is 2. The Kier molecular flexibility index (Phi) is 7.47. The van der Waals surface area contributed by atoms with Crippen LogP contribution in [0.2, 0.25) is 0 Å². The minimum atomic E-state index is -0.391. The van der Waals surface area contributed by atoms with Gasteiger partial charge >= 0.3 is 0 Å². The molecule has 200 valence electrons. The molecule has 0 radical (unpaired) electrons. The van der Waals surface area contributed by atoms with E-state index in [1.165, 1.54) is 0 Å². The van der Waals surface area contributed by atoms with E-state index in [-0.39, 0.29) is 22.4 Å². The van der Waals surface area contributed by atoms with Crippen LogP contribution in [-0.2, 0) is 16.0 Å². The summed E-state index contributed by atoms with van der Waals surface area (Å²) in [6, 6.07) is 4.09. The zero-order valence-electron chi connectivity index (χ0n) is 23.8. The van der Waals surface area contributed by atoms with Gasteiger partial charge in [-0.2, -0.15) is 0 Å². The Hall–Kier alpha value is -2.82. The third-order valence-corrected chi connectivity index (χ3v) is 7.86. The van der Waals surface area contributed by atoms with E-state index >= 15 is 0 Å². The van der Waals surface area contributed by atoms with E-state index in [0.717, 1.165) is 65.2 Å². The maximum Gasteiger partial charge on any atom is 0.164 e. The number of rotatable bonds is 8. The summed E-state index contributed by atoms with van der Waals surface area (Å²) in [6.07, 6.45) is 5.95. The molecule has 0 bridgehead atoms. The Morgan fingerprint density at radius 2 is 1.54 bits per heavy atom. The number of carbonyl (C=O) groups excluding carboxylic acids is 2. The Labute approximate surface area is 222 Å². The zero-order valence-corrected chi connectivity index (χ0v) is 23.8. The Balaban J connectivity index is 2.01. The lowest BCUT2D eigenvalue weighted by Crippen LogP contribution is -2.44. The lowest BCUT2D eigenvalue weighted by Gasteiger charge is -2.49. The van der Waals surface area contributed by atoms with E-state index in [1.54, 1.807) is 7.11 Å². The fourth-order valence-corrected chi connectivity index (χ4v) is 6.44. The van der Waals surface area contributed by atoms with E-state index in [9.17, 15) is 9.59 Å². The number of Topliss-reactive ketones (excluding diaryl/α,β-unsaturated/α-hetero) is 2. The second-order valence-corrected chi connectivity index (χ2v) is 12.3. The molecule has 0 spiro atoms. The van der Waals surface area contributed by atoms with E-state index in [0.29, 0.717) is 31.6 Å². The Bertz CT molecular complexity index is 1130. The molecule has 5 nitrogen and oxygen atoms in total. The van der Waals surface area contributed by atoms with Gasteiger partial charge in [-0.15, -0.1) is 6.58 Å². The average Bonchev–Trinajstić information content (AvgIpc) is 2.80. The fourth-order valence-electron chi connectivity index (χ4n) is 6.44. The molecule has 4 rings (SSSR count). The molecule has 0 amide bonds. The van der Waals surface area contributed by atoms with Crippen LogP contribution in [0.3, 0.4) is 0 Å². The van der Waals surface area contributed by atoms with Gasteiger partial charge in [0.15, 0.2) is 23.1 Å². The van der Waals surface area contributed by atoms with Gasteiger partial charge in [-0.3, -0.25) is 9.59 Å². The van der Waals surface area contributed by atoms with Crippen LogP contribution < -0.4 is 9.47 Å². The zero-order chi connectivity index (χ0) is 27.1. The molecule has 0 aromatic heterocycles. The summed E-state index contributed by atoms with van der Waals surface area (Å²) in [4.78, 5) is 30.1. The van der Waals surface area contributed by atoms with Gasteiger partial charge in [0.2, 0.25) is 0 Å². The van der Waals surface area contributed by atoms with Crippen LogP contribution in [0.25, 0.3) is 0 Å². The van der Waals surface area contributed by atoms with E-state index in [4.69, 9.17) is 9.47 Å². The van der Waals surface area contributed by atoms with Crippen LogP contribution in [0.4, 0.5) is 0 Å². The molecule has 0 saturated carbocycles. The molecule has 1 heterocycles. The number of allylic oxidation sites excluding steroid dienone is 5. The molecule has 1 aromatic carbocycles. The van der Waals surface area contributed by atoms with Crippen molar-refractivity contribution >= 4 is 11.6 Å². The van der Waals surface area contributed by atoms with E-state index in [2.05, 4.69) is 59.1 Å². The largest absolute Gasteiger partial charge is 0.493 e. The van der Waals surface area contributed by atoms with Crippen molar-refractivity contribution in [1.82, 2.24) is 4.90 Å². The van der Waals surface area contributed by atoms with Crippen molar-refractivity contribution in [3.63, 3.8) is 0 Å². The number of ether oxygens (including phenoxy) is 2. The quantitative estimate of drug-likeness (QED) is 0.359. The van der Waals surface area contributed by atoms with Crippen molar-refractivity contribution in [2.24, 2.45) is 10.8 Å². The maximum atomic E-state index is 13.9. The van der Waals surface area contributed by atoms with Crippen LogP contribution in [-0.4, -0.2) is 36.7 Å². The van der Waals surface area contributed by atoms with Crippen molar-refractivity contribution in [2.75, 3.05) is 20.3 Å². The van der Waals surface area contributed by atoms with E-state index in [1.807, 2.05) is 12.1 Å². The first-order chi connectivity index (χ1) is 17.5. The minimum absolute atomic E-state index is 0.121. The summed E-state index contributed by atoms with van der Waals surface area (Å²) >= 11 is 0. The molecule has 0 atom stereocenters. The molecule has 5 heteroatoms. The summed E-state index contributed by atoms with van der Waals surface area (Å²) in [5.41, 5.74) is 5.42. The highest BCUT2D eigenvalue weighted by molar-refractivity contribution is 6.06. The number of nitrogens with zero attached hydrogens (tertiary/aromatic N) is 1. The molecule has 0 saturated heterocycles. The second-order valence-electron chi connectivity index (χ2n) is 12.3. The van der Waals surface area contributed by atoms with Crippen molar-refractivity contribution < 1.29 is 19.1 Å². The van der Waals surface area contributed by atoms with Gasteiger partial charge in [0.25, 0.3) is 0 Å². The number of carbonyl (C=O) groups is 2. The van der Waals surface area contributed by atoms with Crippen LogP contribution in [0.15, 0.2) is 47.3 Å². The molecule has 3 aliphatic rings. The Morgan fingerprint density at radius 3 is 2.00 bits per heavy atom. The maximum absolute atomic E-state index is 13.9. The molecule has 0 unspecified atom stereocenters. The average molecular weight is 506 g/mol. The van der Waals surface area contributed by atoms with Gasteiger partial charge < -0.3 is 14.4 Å². The number of hydrogen-bond acceptors (Lipinski definition) is 5. The van der Waals surface area contributed by atoms with Gasteiger partial charge in [-0.1, -0.05) is 46.8 Å². The SMILES string of the molecule is C=CCc1cc(C2C3=C(CC(C)(C)CC3=O)N(CC)C3=C2C(=O)CC(C)(C)C3)cc(OC)c1OCCC. The van der Waals surface area contributed by atoms with Crippen LogP contribution >= 0.6 is 0 Å². The third-order valence-electron chi connectivity index (χ3n) is 7.86. The summed E-state index contributed by atoms with van der Waals surface area (Å²) in [7, 11) is 1.65. The van der Waals surface area contributed by atoms with Crippen molar-refractivity contribution in [1.29, 1.82) is 0 Å². The van der Waals surface area contributed by atoms with Gasteiger partial charge in [-0.05, 0) is 55.1 Å². The van der Waals surface area contributed by atoms with Crippen molar-refractivity contribution in [3.8, 4) is 11.5 Å². The van der Waals surface area contributed by atoms with E-state index < -0.39 is 5.92 Å². The fraction of sp³-hybridized carbons (Fsp3) is 0.562. The molecule has 2 aliphatic carbocycles.